The number of hydrogen-bond acceptors (Lipinski definition) is 6. The van der Waals surface area contributed by atoms with Gasteiger partial charge < -0.3 is 19.3 Å². The smallest absolute Gasteiger partial charge is 0.242 e. The van der Waals surface area contributed by atoms with Crippen molar-refractivity contribution in [1.82, 2.24) is 14.9 Å². The van der Waals surface area contributed by atoms with Gasteiger partial charge in [-0.3, -0.25) is 4.79 Å². The summed E-state index contributed by atoms with van der Waals surface area (Å²) in [6, 6.07) is 9.51. The maximum atomic E-state index is 12.4. The summed E-state index contributed by atoms with van der Waals surface area (Å²) in [4.78, 5) is 24.5. The Morgan fingerprint density at radius 3 is 2.54 bits per heavy atom. The van der Waals surface area contributed by atoms with E-state index in [9.17, 15) is 4.79 Å². The molecule has 0 bridgehead atoms. The highest BCUT2D eigenvalue weighted by molar-refractivity contribution is 5.82. The largest absolute Gasteiger partial charge is 0.497 e. The lowest BCUT2D eigenvalue weighted by molar-refractivity contribution is -0.131. The quantitative estimate of drug-likeness (QED) is 0.825. The first-order chi connectivity index (χ1) is 11.7. The van der Waals surface area contributed by atoms with Crippen LogP contribution < -0.4 is 14.4 Å². The van der Waals surface area contributed by atoms with Crippen LogP contribution in [0.4, 0.5) is 5.82 Å². The third-order valence-corrected chi connectivity index (χ3v) is 4.01. The molecule has 2 heterocycles. The van der Waals surface area contributed by atoms with Crippen LogP contribution in [0.15, 0.2) is 36.7 Å². The molecule has 7 heteroatoms. The van der Waals surface area contributed by atoms with Crippen molar-refractivity contribution in [2.75, 3.05) is 38.8 Å². The van der Waals surface area contributed by atoms with Crippen molar-refractivity contribution in [2.45, 2.75) is 6.54 Å². The third-order valence-electron chi connectivity index (χ3n) is 4.01. The van der Waals surface area contributed by atoms with Crippen molar-refractivity contribution in [2.24, 2.45) is 0 Å². The molecule has 1 saturated heterocycles. The second-order valence-corrected chi connectivity index (χ2v) is 5.50. The zero-order valence-corrected chi connectivity index (χ0v) is 13.8. The van der Waals surface area contributed by atoms with E-state index in [1.54, 1.807) is 20.3 Å². The molecule has 1 aliphatic rings. The van der Waals surface area contributed by atoms with Crippen LogP contribution in [0.2, 0.25) is 0 Å². The number of amides is 1. The molecule has 126 valence electrons. The van der Waals surface area contributed by atoms with Crippen LogP contribution in [0, 0.1) is 0 Å². The van der Waals surface area contributed by atoms with Gasteiger partial charge in [0, 0.05) is 25.7 Å². The molecule has 0 spiro atoms. The summed E-state index contributed by atoms with van der Waals surface area (Å²) in [5.74, 6) is 2.09. The number of ether oxygens (including phenoxy) is 2. The SMILES string of the molecule is COc1ccc(CN2CCN(c3cc(OC)ncn3)CC2=O)cc1. The number of carbonyl (C=O) groups is 1. The van der Waals surface area contributed by atoms with E-state index in [4.69, 9.17) is 9.47 Å². The minimum Gasteiger partial charge on any atom is -0.497 e. The molecule has 1 aliphatic heterocycles. The van der Waals surface area contributed by atoms with Gasteiger partial charge in [-0.25, -0.2) is 9.97 Å². The third kappa shape index (κ3) is 3.56. The first-order valence-electron chi connectivity index (χ1n) is 7.71. The average molecular weight is 328 g/mol. The summed E-state index contributed by atoms with van der Waals surface area (Å²) >= 11 is 0. The van der Waals surface area contributed by atoms with Crippen molar-refractivity contribution in [1.29, 1.82) is 0 Å². The summed E-state index contributed by atoms with van der Waals surface area (Å²) in [5.41, 5.74) is 1.08. The summed E-state index contributed by atoms with van der Waals surface area (Å²) in [6.45, 7) is 2.28. The molecular weight excluding hydrogens is 308 g/mol. The molecule has 1 aromatic heterocycles. The second-order valence-electron chi connectivity index (χ2n) is 5.50. The number of carbonyl (C=O) groups excluding carboxylic acids is 1. The maximum absolute atomic E-state index is 12.4. The highest BCUT2D eigenvalue weighted by Crippen LogP contribution is 2.19. The predicted octanol–water partition coefficient (Wildman–Crippen LogP) is 1.34. The molecule has 0 aliphatic carbocycles. The van der Waals surface area contributed by atoms with E-state index in [0.717, 1.165) is 17.9 Å². The fraction of sp³-hybridized carbons (Fsp3) is 0.353. The summed E-state index contributed by atoms with van der Waals surface area (Å²) < 4.78 is 10.3. The van der Waals surface area contributed by atoms with Gasteiger partial charge in [0.25, 0.3) is 0 Å². The molecule has 1 fully saturated rings. The van der Waals surface area contributed by atoms with Crippen molar-refractivity contribution in [3.63, 3.8) is 0 Å². The van der Waals surface area contributed by atoms with Gasteiger partial charge in [-0.2, -0.15) is 0 Å². The predicted molar refractivity (Wildman–Crippen MR) is 89.2 cm³/mol. The summed E-state index contributed by atoms with van der Waals surface area (Å²) in [7, 11) is 3.20. The van der Waals surface area contributed by atoms with E-state index in [-0.39, 0.29) is 5.91 Å². The number of anilines is 1. The fourth-order valence-electron chi connectivity index (χ4n) is 2.64. The average Bonchev–Trinajstić information content (AvgIpc) is 2.64. The van der Waals surface area contributed by atoms with Crippen LogP contribution in [0.5, 0.6) is 11.6 Å². The van der Waals surface area contributed by atoms with E-state index in [1.807, 2.05) is 34.1 Å². The lowest BCUT2D eigenvalue weighted by Gasteiger charge is -2.35. The standard InChI is InChI=1S/C17H20N4O3/c1-23-14-5-3-13(4-6-14)10-21-8-7-20(11-17(21)22)15-9-16(24-2)19-12-18-15/h3-6,9,12H,7-8,10-11H2,1-2H3. The molecule has 1 amide bonds. The Hall–Kier alpha value is -2.83. The first kappa shape index (κ1) is 16.0. The number of methoxy groups -OCH3 is 2. The van der Waals surface area contributed by atoms with Crippen LogP contribution in [0.1, 0.15) is 5.56 Å². The van der Waals surface area contributed by atoms with Gasteiger partial charge in [-0.15, -0.1) is 0 Å². The lowest BCUT2D eigenvalue weighted by atomic mass is 10.2. The van der Waals surface area contributed by atoms with Gasteiger partial charge in [0.05, 0.1) is 20.8 Å². The molecular formula is C17H20N4O3. The van der Waals surface area contributed by atoms with E-state index in [2.05, 4.69) is 9.97 Å². The Labute approximate surface area is 140 Å². The van der Waals surface area contributed by atoms with E-state index < -0.39 is 0 Å². The zero-order chi connectivity index (χ0) is 16.9. The van der Waals surface area contributed by atoms with Gasteiger partial charge in [0.2, 0.25) is 11.8 Å². The fourth-order valence-corrected chi connectivity index (χ4v) is 2.64. The Kier molecular flexibility index (Phi) is 4.79. The van der Waals surface area contributed by atoms with Crippen molar-refractivity contribution < 1.29 is 14.3 Å². The molecule has 0 radical (unpaired) electrons. The van der Waals surface area contributed by atoms with Crippen LogP contribution >= 0.6 is 0 Å². The highest BCUT2D eigenvalue weighted by atomic mass is 16.5. The molecule has 0 N–H and O–H groups in total. The molecule has 2 aromatic rings. The minimum atomic E-state index is 0.0784. The van der Waals surface area contributed by atoms with Crippen LogP contribution in [-0.4, -0.2) is 54.6 Å². The summed E-state index contributed by atoms with van der Waals surface area (Å²) in [5, 5.41) is 0. The van der Waals surface area contributed by atoms with E-state index >= 15 is 0 Å². The topological polar surface area (TPSA) is 67.8 Å². The number of nitrogens with zero attached hydrogens (tertiary/aromatic N) is 4. The number of aromatic nitrogens is 2. The van der Waals surface area contributed by atoms with Crippen LogP contribution in [0.25, 0.3) is 0 Å². The highest BCUT2D eigenvalue weighted by Gasteiger charge is 2.25. The second kappa shape index (κ2) is 7.16. The van der Waals surface area contributed by atoms with Gasteiger partial charge >= 0.3 is 0 Å². The number of piperazine rings is 1. The van der Waals surface area contributed by atoms with Gasteiger partial charge in [0.1, 0.15) is 17.9 Å². The van der Waals surface area contributed by atoms with E-state index in [0.29, 0.717) is 31.3 Å². The molecule has 0 saturated carbocycles. The lowest BCUT2D eigenvalue weighted by Crippen LogP contribution is -2.50. The van der Waals surface area contributed by atoms with Gasteiger partial charge in [-0.05, 0) is 17.7 Å². The summed E-state index contributed by atoms with van der Waals surface area (Å²) in [6.07, 6.45) is 1.45. The Balaban J connectivity index is 1.63. The molecule has 1 aromatic carbocycles. The number of hydrogen-bond donors (Lipinski definition) is 0. The van der Waals surface area contributed by atoms with Gasteiger partial charge in [-0.1, -0.05) is 12.1 Å². The molecule has 24 heavy (non-hydrogen) atoms. The van der Waals surface area contributed by atoms with Crippen molar-refractivity contribution in [3.8, 4) is 11.6 Å². The normalized spacial score (nSPS) is 14.7. The molecule has 3 rings (SSSR count). The first-order valence-corrected chi connectivity index (χ1v) is 7.71. The maximum Gasteiger partial charge on any atom is 0.242 e. The zero-order valence-electron chi connectivity index (χ0n) is 13.8. The molecule has 7 nitrogen and oxygen atoms in total. The van der Waals surface area contributed by atoms with E-state index in [1.165, 1.54) is 6.33 Å². The molecule has 0 unspecified atom stereocenters. The number of benzene rings is 1. The van der Waals surface area contributed by atoms with Gasteiger partial charge in [0.15, 0.2) is 0 Å². The van der Waals surface area contributed by atoms with Crippen LogP contribution in [-0.2, 0) is 11.3 Å². The minimum absolute atomic E-state index is 0.0784. The molecule has 0 atom stereocenters. The Bertz CT molecular complexity index is 705. The van der Waals surface area contributed by atoms with Crippen molar-refractivity contribution >= 4 is 11.7 Å². The van der Waals surface area contributed by atoms with Crippen molar-refractivity contribution in [3.05, 3.63) is 42.2 Å². The van der Waals surface area contributed by atoms with Crippen LogP contribution in [0.3, 0.4) is 0 Å². The Morgan fingerprint density at radius 1 is 1.08 bits per heavy atom. The Morgan fingerprint density at radius 2 is 1.88 bits per heavy atom. The number of rotatable bonds is 5. The monoisotopic (exact) mass is 328 g/mol.